The lowest BCUT2D eigenvalue weighted by Crippen LogP contribution is -2.73. The van der Waals surface area contributed by atoms with Crippen molar-refractivity contribution in [2.24, 2.45) is 0 Å². The number of ether oxygens (including phenoxy) is 1. The van der Waals surface area contributed by atoms with E-state index in [0.29, 0.717) is 6.61 Å². The lowest BCUT2D eigenvalue weighted by molar-refractivity contribution is -0.216. The molecule has 2 fully saturated rings. The van der Waals surface area contributed by atoms with Crippen molar-refractivity contribution in [1.29, 1.82) is 0 Å². The van der Waals surface area contributed by atoms with Gasteiger partial charge in [0.1, 0.15) is 29.9 Å². The molecule has 5 nitrogen and oxygen atoms in total. The lowest BCUT2D eigenvalue weighted by Gasteiger charge is -2.60. The van der Waals surface area contributed by atoms with Crippen LogP contribution in [0.2, 0.25) is 46.3 Å². The largest absolute Gasteiger partial charge is 0.408 e. The van der Waals surface area contributed by atoms with Crippen LogP contribution < -0.4 is 0 Å². The molecule has 2 saturated heterocycles. The summed E-state index contributed by atoms with van der Waals surface area (Å²) in [6.45, 7) is 37.4. The predicted molar refractivity (Wildman–Crippen MR) is 181 cm³/mol. The van der Waals surface area contributed by atoms with E-state index in [2.05, 4.69) is 140 Å². The summed E-state index contributed by atoms with van der Waals surface area (Å²) < 4.78 is 36.1. The lowest BCUT2D eigenvalue weighted by atomic mass is 10.0. The van der Waals surface area contributed by atoms with Crippen LogP contribution in [0, 0.1) is 0 Å². The van der Waals surface area contributed by atoms with Crippen molar-refractivity contribution in [3.05, 3.63) is 30.3 Å². The second kappa shape index (κ2) is 11.7. The summed E-state index contributed by atoms with van der Waals surface area (Å²) in [6, 6.07) is 10.5. The number of fused-ring (bicyclic) bond motifs is 1. The summed E-state index contributed by atoms with van der Waals surface area (Å²) in [5, 5.41) is -0.191. The second-order valence-corrected chi connectivity index (χ2v) is 32.6. The summed E-state index contributed by atoms with van der Waals surface area (Å²) in [6.07, 6.45) is -1.02. The standard InChI is InChI=1S/C32H60O5SSi3/c1-29(2,3)39(13,14)35-26-25-24(22-33-41(37-25,31(7,8)9)32(10,11)12)34-28(38-23-20-18-17-19-21-23)27(26)36-40(15,16)30(4,5)6/h17-21,24-28H,22H2,1-16H3/t24-,25-,26+,27-,28+/m1/s1. The summed E-state index contributed by atoms with van der Waals surface area (Å²) >= 11 is 1.74. The van der Waals surface area contributed by atoms with Gasteiger partial charge in [0.2, 0.25) is 0 Å². The van der Waals surface area contributed by atoms with Gasteiger partial charge >= 0.3 is 8.56 Å². The molecule has 41 heavy (non-hydrogen) atoms. The zero-order valence-corrected chi connectivity index (χ0v) is 32.7. The molecule has 2 aliphatic rings. The molecule has 1 aromatic rings. The maximum Gasteiger partial charge on any atom is 0.349 e. The number of benzene rings is 1. The molecule has 0 aliphatic carbocycles. The SMILES string of the molecule is CC(C)(C)[Si](C)(C)O[C@@H]1[C@@H](O[Si](C)(C)C(C)(C)C)[C@H](Sc2ccccc2)O[C@@H]2CO[Si](C(C)(C)C)(C(C)(C)C)O[C@@H]12. The van der Waals surface area contributed by atoms with Gasteiger partial charge in [-0.3, -0.25) is 0 Å². The Labute approximate surface area is 259 Å². The van der Waals surface area contributed by atoms with E-state index >= 15 is 0 Å². The van der Waals surface area contributed by atoms with Gasteiger partial charge in [-0.1, -0.05) is 113 Å². The Bertz CT molecular complexity index is 1010. The summed E-state index contributed by atoms with van der Waals surface area (Å²) in [7, 11) is -7.21. The molecule has 0 N–H and O–H groups in total. The van der Waals surface area contributed by atoms with E-state index < -0.39 is 25.2 Å². The molecule has 2 aliphatic heterocycles. The maximum absolute atomic E-state index is 7.45. The highest BCUT2D eigenvalue weighted by Gasteiger charge is 2.66. The fourth-order valence-electron chi connectivity index (χ4n) is 5.51. The normalized spacial score (nSPS) is 28.3. The van der Waals surface area contributed by atoms with E-state index in [4.69, 9.17) is 22.4 Å². The molecule has 0 unspecified atom stereocenters. The topological polar surface area (TPSA) is 46.2 Å². The molecule has 0 saturated carbocycles. The van der Waals surface area contributed by atoms with Crippen LogP contribution in [0.15, 0.2) is 35.2 Å². The fraction of sp³-hybridized carbons (Fsp3) is 0.812. The first-order valence-corrected chi connectivity index (χ1v) is 23.9. The van der Waals surface area contributed by atoms with Crippen LogP contribution in [-0.2, 0) is 22.4 Å². The van der Waals surface area contributed by atoms with Crippen molar-refractivity contribution < 1.29 is 22.4 Å². The van der Waals surface area contributed by atoms with Crippen LogP contribution in [0.5, 0.6) is 0 Å². The van der Waals surface area contributed by atoms with E-state index in [1.54, 1.807) is 11.8 Å². The Morgan fingerprint density at radius 1 is 0.732 bits per heavy atom. The summed E-state index contributed by atoms with van der Waals surface area (Å²) in [5.41, 5.74) is -0.242. The third kappa shape index (κ3) is 7.30. The van der Waals surface area contributed by atoms with Crippen LogP contribution in [0.4, 0.5) is 0 Å². The molecule has 236 valence electrons. The molecular formula is C32H60O5SSi3. The molecule has 0 spiro atoms. The van der Waals surface area contributed by atoms with Gasteiger partial charge in [0.25, 0.3) is 0 Å². The minimum Gasteiger partial charge on any atom is -0.408 e. The van der Waals surface area contributed by atoms with Gasteiger partial charge in [0.05, 0.1) is 6.61 Å². The molecular weight excluding hydrogens is 581 g/mol. The van der Waals surface area contributed by atoms with Crippen LogP contribution in [0.25, 0.3) is 0 Å². The Balaban J connectivity index is 2.19. The molecule has 0 aromatic heterocycles. The number of thioether (sulfide) groups is 1. The molecule has 0 bridgehead atoms. The molecule has 0 amide bonds. The van der Waals surface area contributed by atoms with E-state index in [1.807, 2.05) is 0 Å². The van der Waals surface area contributed by atoms with E-state index in [0.717, 1.165) is 4.90 Å². The molecule has 2 heterocycles. The highest BCUT2D eigenvalue weighted by molar-refractivity contribution is 7.99. The van der Waals surface area contributed by atoms with Crippen LogP contribution in [0.3, 0.4) is 0 Å². The Morgan fingerprint density at radius 2 is 1.20 bits per heavy atom. The van der Waals surface area contributed by atoms with Crippen molar-refractivity contribution in [2.45, 2.75) is 164 Å². The average molecular weight is 641 g/mol. The predicted octanol–water partition coefficient (Wildman–Crippen LogP) is 9.74. The Morgan fingerprint density at radius 3 is 1.63 bits per heavy atom. The molecule has 3 rings (SSSR count). The van der Waals surface area contributed by atoms with E-state index in [9.17, 15) is 0 Å². The smallest absolute Gasteiger partial charge is 0.349 e. The van der Waals surface area contributed by atoms with Gasteiger partial charge < -0.3 is 22.4 Å². The van der Waals surface area contributed by atoms with Crippen LogP contribution in [0.1, 0.15) is 83.1 Å². The highest BCUT2D eigenvalue weighted by Crippen LogP contribution is 2.56. The van der Waals surface area contributed by atoms with Crippen LogP contribution in [-0.4, -0.2) is 61.7 Å². The van der Waals surface area contributed by atoms with Crippen molar-refractivity contribution in [2.75, 3.05) is 6.61 Å². The quantitative estimate of drug-likeness (QED) is 0.289. The van der Waals surface area contributed by atoms with Crippen molar-refractivity contribution >= 4 is 37.0 Å². The summed E-state index contributed by atoms with van der Waals surface area (Å²) in [5.74, 6) is 0. The number of rotatable bonds is 6. The number of hydrogen-bond acceptors (Lipinski definition) is 6. The second-order valence-electron chi connectivity index (χ2n) is 17.2. The van der Waals surface area contributed by atoms with Crippen LogP contribution >= 0.6 is 11.8 Å². The zero-order chi connectivity index (χ0) is 31.4. The van der Waals surface area contributed by atoms with E-state index in [-0.39, 0.29) is 50.0 Å². The molecule has 9 heteroatoms. The third-order valence-electron chi connectivity index (χ3n) is 9.79. The molecule has 5 atom stereocenters. The van der Waals surface area contributed by atoms with Crippen molar-refractivity contribution in [3.63, 3.8) is 0 Å². The van der Waals surface area contributed by atoms with Gasteiger partial charge in [-0.25, -0.2) is 0 Å². The van der Waals surface area contributed by atoms with Gasteiger partial charge in [-0.15, -0.1) is 0 Å². The zero-order valence-electron chi connectivity index (χ0n) is 28.9. The van der Waals surface area contributed by atoms with Crippen molar-refractivity contribution in [3.8, 4) is 0 Å². The first-order chi connectivity index (χ1) is 18.3. The minimum atomic E-state index is -2.77. The monoisotopic (exact) mass is 640 g/mol. The Kier molecular flexibility index (Phi) is 10.2. The highest BCUT2D eigenvalue weighted by atomic mass is 32.2. The fourth-order valence-corrected chi connectivity index (χ4v) is 14.3. The molecule has 1 aromatic carbocycles. The average Bonchev–Trinajstić information content (AvgIpc) is 2.78. The minimum absolute atomic E-state index is 0.0398. The Hall–Kier alpha value is 0.0206. The van der Waals surface area contributed by atoms with Crippen molar-refractivity contribution in [1.82, 2.24) is 0 Å². The first-order valence-electron chi connectivity index (χ1n) is 15.4. The summed E-state index contributed by atoms with van der Waals surface area (Å²) in [4.78, 5) is 1.16. The van der Waals surface area contributed by atoms with Gasteiger partial charge in [0, 0.05) is 15.0 Å². The van der Waals surface area contributed by atoms with Gasteiger partial charge in [-0.2, -0.15) is 0 Å². The van der Waals surface area contributed by atoms with Gasteiger partial charge in [-0.05, 0) is 48.4 Å². The first kappa shape index (κ1) is 35.5. The number of hydrogen-bond donors (Lipinski definition) is 0. The van der Waals surface area contributed by atoms with E-state index in [1.165, 1.54) is 0 Å². The molecule has 0 radical (unpaired) electrons. The van der Waals surface area contributed by atoms with Gasteiger partial charge in [0.15, 0.2) is 16.6 Å². The third-order valence-corrected chi connectivity index (χ3v) is 25.0. The maximum atomic E-state index is 7.45.